The van der Waals surface area contributed by atoms with E-state index in [2.05, 4.69) is 6.55 Å². The van der Waals surface area contributed by atoms with Gasteiger partial charge in [0.1, 0.15) is 6.73 Å². The molecule has 0 aliphatic heterocycles. The van der Waals surface area contributed by atoms with E-state index in [-0.39, 0.29) is 9.52 Å². The Kier molecular flexibility index (Phi) is 7.62. The molecule has 0 N–H and O–H groups in total. The van der Waals surface area contributed by atoms with Gasteiger partial charge in [-0.05, 0) is 19.2 Å². The highest BCUT2D eigenvalue weighted by Gasteiger charge is 1.89. The van der Waals surface area contributed by atoms with Crippen LogP contribution < -0.4 is 0 Å². The van der Waals surface area contributed by atoms with Crippen molar-refractivity contribution in [2.45, 2.75) is 19.5 Å². The molecule has 11 heavy (non-hydrogen) atoms. The molecular weight excluding hydrogens is 154 g/mol. The van der Waals surface area contributed by atoms with Crippen molar-refractivity contribution in [1.82, 2.24) is 4.90 Å². The lowest BCUT2D eigenvalue weighted by molar-refractivity contribution is 0.0754. The third-order valence-corrected chi connectivity index (χ3v) is 2.34. The van der Waals surface area contributed by atoms with Crippen LogP contribution in [0.3, 0.4) is 0 Å². The fourth-order valence-corrected chi connectivity index (χ4v) is 1.25. The van der Waals surface area contributed by atoms with Crippen LogP contribution in [-0.4, -0.2) is 34.8 Å². The Morgan fingerprint density at radius 2 is 2.27 bits per heavy atom. The van der Waals surface area contributed by atoms with E-state index in [1.54, 1.807) is 0 Å². The fourth-order valence-electron chi connectivity index (χ4n) is 0.752. The minimum absolute atomic E-state index is 0.196. The van der Waals surface area contributed by atoms with Gasteiger partial charge in [-0.2, -0.15) is 0 Å². The van der Waals surface area contributed by atoms with Crippen LogP contribution in [0, 0.1) is 0 Å². The highest BCUT2D eigenvalue weighted by atomic mass is 28.2. The van der Waals surface area contributed by atoms with Crippen molar-refractivity contribution >= 4 is 9.52 Å². The van der Waals surface area contributed by atoms with Gasteiger partial charge in [0.2, 0.25) is 0 Å². The summed E-state index contributed by atoms with van der Waals surface area (Å²) in [4.78, 5) is 2.04. The van der Waals surface area contributed by atoms with Crippen LogP contribution >= 0.6 is 0 Å². The van der Waals surface area contributed by atoms with Gasteiger partial charge in [0, 0.05) is 23.2 Å². The third kappa shape index (κ3) is 7.62. The quantitative estimate of drug-likeness (QED) is 0.338. The van der Waals surface area contributed by atoms with Gasteiger partial charge < -0.3 is 9.64 Å². The normalized spacial score (nSPS) is 11.9. The average molecular weight is 173 g/mol. The van der Waals surface area contributed by atoms with Crippen LogP contribution in [0.15, 0.2) is 12.3 Å². The van der Waals surface area contributed by atoms with Gasteiger partial charge in [0.25, 0.3) is 0 Å². The van der Waals surface area contributed by atoms with Crippen molar-refractivity contribution < 1.29 is 4.74 Å². The number of rotatable bonds is 6. The number of ether oxygens (including phenoxy) is 1. The molecule has 0 atom stereocenters. The van der Waals surface area contributed by atoms with E-state index >= 15 is 0 Å². The second-order valence-electron chi connectivity index (χ2n) is 2.63. The molecule has 0 rings (SSSR count). The molecule has 0 aromatic heterocycles. The minimum atomic E-state index is 0.196. The molecule has 0 aliphatic rings. The Balaban J connectivity index is 3.10. The monoisotopic (exact) mass is 173 g/mol. The van der Waals surface area contributed by atoms with Crippen molar-refractivity contribution in [3.05, 3.63) is 12.3 Å². The summed E-state index contributed by atoms with van der Waals surface area (Å²) >= 11 is 0. The molecule has 0 heterocycles. The second-order valence-corrected chi connectivity index (χ2v) is 4.34. The molecule has 0 aromatic rings. The summed E-state index contributed by atoms with van der Waals surface area (Å²) in [5.74, 6) is 0. The second kappa shape index (κ2) is 7.82. The lowest BCUT2D eigenvalue weighted by Gasteiger charge is -2.13. The molecule has 0 spiro atoms. The Morgan fingerprint density at radius 3 is 2.82 bits per heavy atom. The number of nitrogens with zero attached hydrogens (tertiary/aromatic N) is 1. The van der Waals surface area contributed by atoms with Gasteiger partial charge in [-0.15, -0.1) is 0 Å². The van der Waals surface area contributed by atoms with Gasteiger partial charge in [-0.3, -0.25) is 0 Å². The maximum atomic E-state index is 5.40. The van der Waals surface area contributed by atoms with Crippen LogP contribution in [0.2, 0.25) is 12.6 Å². The fraction of sp³-hybridized carbons (Fsp3) is 0.750. The zero-order valence-electron chi connectivity index (χ0n) is 7.84. The zero-order valence-corrected chi connectivity index (χ0v) is 9.25. The van der Waals surface area contributed by atoms with Gasteiger partial charge in [-0.1, -0.05) is 12.6 Å². The van der Waals surface area contributed by atoms with E-state index in [9.17, 15) is 0 Å². The highest BCUT2D eigenvalue weighted by molar-refractivity contribution is 6.33. The minimum Gasteiger partial charge on any atom is -0.361 e. The van der Waals surface area contributed by atoms with Gasteiger partial charge in [-0.25, -0.2) is 0 Å². The topological polar surface area (TPSA) is 12.5 Å². The van der Waals surface area contributed by atoms with Crippen LogP contribution in [0.1, 0.15) is 6.92 Å². The van der Waals surface area contributed by atoms with Crippen molar-refractivity contribution in [3.8, 4) is 0 Å². The number of hydrogen-bond donors (Lipinski definition) is 0. The van der Waals surface area contributed by atoms with E-state index < -0.39 is 0 Å². The Morgan fingerprint density at radius 1 is 1.55 bits per heavy atom. The Hall–Kier alpha value is -0.283. The predicted octanol–water partition coefficient (Wildman–Crippen LogP) is 1.06. The van der Waals surface area contributed by atoms with E-state index in [1.165, 1.54) is 6.04 Å². The van der Waals surface area contributed by atoms with Gasteiger partial charge in [0.15, 0.2) is 0 Å². The molecule has 0 unspecified atom stereocenters. The van der Waals surface area contributed by atoms with Gasteiger partial charge >= 0.3 is 0 Å². The molecule has 0 fully saturated rings. The summed E-state index contributed by atoms with van der Waals surface area (Å²) in [6.45, 7) is 5.97. The van der Waals surface area contributed by atoms with E-state index in [0.717, 1.165) is 13.3 Å². The molecule has 0 amide bonds. The summed E-state index contributed by atoms with van der Waals surface area (Å²) in [5, 5.41) is 0. The van der Waals surface area contributed by atoms with Crippen molar-refractivity contribution in [2.24, 2.45) is 0 Å². The highest BCUT2D eigenvalue weighted by Crippen LogP contribution is 1.87. The van der Waals surface area contributed by atoms with Gasteiger partial charge in [0.05, 0.1) is 0 Å². The number of hydrogen-bond acceptors (Lipinski definition) is 2. The predicted molar refractivity (Wildman–Crippen MR) is 52.6 cm³/mol. The third-order valence-electron chi connectivity index (χ3n) is 1.34. The number of allylic oxidation sites excluding steroid dienone is 1. The largest absolute Gasteiger partial charge is 0.361 e. The standard InChI is InChI=1S/C8H19NOSi/c1-4-5-9(2)8-10-6-7-11-3/h4-5H,6-8,11H2,1-3H3. The molecule has 0 radical (unpaired) electrons. The van der Waals surface area contributed by atoms with Crippen LogP contribution in [0.5, 0.6) is 0 Å². The summed E-state index contributed by atoms with van der Waals surface area (Å²) in [6.07, 6.45) is 4.03. The lowest BCUT2D eigenvalue weighted by Crippen LogP contribution is -2.15. The first-order valence-electron chi connectivity index (χ1n) is 4.22. The first kappa shape index (κ1) is 10.7. The average Bonchev–Trinajstić information content (AvgIpc) is 1.99. The lowest BCUT2D eigenvalue weighted by atomic mass is 10.6. The van der Waals surface area contributed by atoms with Crippen LogP contribution in [-0.2, 0) is 4.74 Å². The summed E-state index contributed by atoms with van der Waals surface area (Å²) in [6, 6.07) is 1.30. The SMILES string of the molecule is CC=CN(C)COCC[SiH2]C. The van der Waals surface area contributed by atoms with Crippen LogP contribution in [0.4, 0.5) is 0 Å². The summed E-state index contributed by atoms with van der Waals surface area (Å²) in [5.41, 5.74) is 0. The molecule has 0 aliphatic carbocycles. The van der Waals surface area contributed by atoms with Crippen molar-refractivity contribution in [3.63, 3.8) is 0 Å². The summed E-state index contributed by atoms with van der Waals surface area (Å²) < 4.78 is 5.40. The smallest absolute Gasteiger partial charge is 0.118 e. The first-order valence-corrected chi connectivity index (χ1v) is 6.63. The zero-order chi connectivity index (χ0) is 8.53. The Labute approximate surface area is 72.1 Å². The summed E-state index contributed by atoms with van der Waals surface area (Å²) in [7, 11) is 2.21. The molecular formula is C8H19NOSi. The van der Waals surface area contributed by atoms with E-state index in [0.29, 0.717) is 0 Å². The molecule has 0 bridgehead atoms. The van der Waals surface area contributed by atoms with Crippen molar-refractivity contribution in [2.75, 3.05) is 20.4 Å². The molecule has 0 saturated carbocycles. The van der Waals surface area contributed by atoms with Crippen LogP contribution in [0.25, 0.3) is 0 Å². The maximum absolute atomic E-state index is 5.40. The molecule has 3 heteroatoms. The Bertz CT molecular complexity index is 106. The molecule has 66 valence electrons. The molecule has 0 aromatic carbocycles. The van der Waals surface area contributed by atoms with E-state index in [4.69, 9.17) is 4.74 Å². The molecule has 0 saturated heterocycles. The molecule has 2 nitrogen and oxygen atoms in total. The first-order chi connectivity index (χ1) is 5.31. The maximum Gasteiger partial charge on any atom is 0.118 e. The van der Waals surface area contributed by atoms with Crippen molar-refractivity contribution in [1.29, 1.82) is 0 Å². The van der Waals surface area contributed by atoms with E-state index in [1.807, 2.05) is 31.1 Å².